The highest BCUT2D eigenvalue weighted by Gasteiger charge is 2.02. The van der Waals surface area contributed by atoms with E-state index in [0.29, 0.717) is 11.3 Å². The zero-order valence-electron chi connectivity index (χ0n) is 9.67. The molecule has 0 unspecified atom stereocenters. The van der Waals surface area contributed by atoms with E-state index in [9.17, 15) is 4.39 Å². The molecule has 4 heteroatoms. The van der Waals surface area contributed by atoms with Crippen LogP contribution in [0.2, 0.25) is 0 Å². The predicted molar refractivity (Wildman–Crippen MR) is 73.3 cm³/mol. The van der Waals surface area contributed by atoms with E-state index in [-0.39, 0.29) is 0 Å². The summed E-state index contributed by atoms with van der Waals surface area (Å²) in [5.74, 6) is -0.428. The Bertz CT molecular complexity index is 612. The van der Waals surface area contributed by atoms with Gasteiger partial charge in [-0.1, -0.05) is 15.9 Å². The normalized spacial score (nSPS) is 9.89. The van der Waals surface area contributed by atoms with E-state index >= 15 is 0 Å². The third kappa shape index (κ3) is 3.08. The van der Waals surface area contributed by atoms with Crippen molar-refractivity contribution in [2.24, 2.45) is 0 Å². The Hall–Kier alpha value is -1.86. The second-order valence-corrected chi connectivity index (χ2v) is 4.90. The number of benzene rings is 2. The zero-order valence-corrected chi connectivity index (χ0v) is 11.3. The Morgan fingerprint density at radius 3 is 2.50 bits per heavy atom. The summed E-state index contributed by atoms with van der Waals surface area (Å²) in [4.78, 5) is 0. The largest absolute Gasteiger partial charge is 0.355 e. The van der Waals surface area contributed by atoms with Crippen LogP contribution in [-0.2, 0) is 0 Å². The number of hydrogen-bond donors (Lipinski definition) is 1. The van der Waals surface area contributed by atoms with Crippen LogP contribution >= 0.6 is 15.9 Å². The number of anilines is 2. The van der Waals surface area contributed by atoms with Crippen LogP contribution in [0, 0.1) is 24.1 Å². The van der Waals surface area contributed by atoms with Crippen molar-refractivity contribution >= 4 is 27.3 Å². The predicted octanol–water partition coefficient (Wildman–Crippen LogP) is 4.51. The second-order valence-electron chi connectivity index (χ2n) is 3.98. The maximum atomic E-state index is 13.3. The van der Waals surface area contributed by atoms with E-state index in [2.05, 4.69) is 21.2 Å². The van der Waals surface area contributed by atoms with Gasteiger partial charge in [0.05, 0.1) is 11.6 Å². The first-order valence-corrected chi connectivity index (χ1v) is 6.11. The summed E-state index contributed by atoms with van der Waals surface area (Å²) in [7, 11) is 0. The minimum Gasteiger partial charge on any atom is -0.355 e. The highest BCUT2D eigenvalue weighted by Crippen LogP contribution is 2.23. The highest BCUT2D eigenvalue weighted by molar-refractivity contribution is 9.10. The SMILES string of the molecule is Cc1cc(Br)cc(Nc2cc(F)cc(C#N)c2)c1. The van der Waals surface area contributed by atoms with Gasteiger partial charge in [0.1, 0.15) is 5.82 Å². The lowest BCUT2D eigenvalue weighted by atomic mass is 10.2. The first kappa shape index (κ1) is 12.6. The molecule has 18 heavy (non-hydrogen) atoms. The van der Waals surface area contributed by atoms with Crippen molar-refractivity contribution in [2.45, 2.75) is 6.92 Å². The molecule has 1 N–H and O–H groups in total. The van der Waals surface area contributed by atoms with Crippen molar-refractivity contribution in [1.29, 1.82) is 5.26 Å². The molecule has 2 aromatic rings. The monoisotopic (exact) mass is 304 g/mol. The molecule has 0 amide bonds. The lowest BCUT2D eigenvalue weighted by molar-refractivity contribution is 0.628. The maximum absolute atomic E-state index is 13.3. The molecule has 0 aliphatic rings. The molecule has 2 nitrogen and oxygen atoms in total. The van der Waals surface area contributed by atoms with Gasteiger partial charge in [-0.05, 0) is 48.9 Å². The van der Waals surface area contributed by atoms with E-state index in [4.69, 9.17) is 5.26 Å². The molecule has 0 heterocycles. The fourth-order valence-corrected chi connectivity index (χ4v) is 2.31. The van der Waals surface area contributed by atoms with Gasteiger partial charge in [0.25, 0.3) is 0 Å². The molecule has 0 spiro atoms. The number of halogens is 2. The molecule has 2 rings (SSSR count). The third-order valence-electron chi connectivity index (χ3n) is 2.36. The quantitative estimate of drug-likeness (QED) is 0.886. The number of hydrogen-bond acceptors (Lipinski definition) is 2. The molecule has 0 fully saturated rings. The van der Waals surface area contributed by atoms with E-state index in [1.165, 1.54) is 12.1 Å². The van der Waals surface area contributed by atoms with Crippen LogP contribution in [-0.4, -0.2) is 0 Å². The minimum atomic E-state index is -0.428. The van der Waals surface area contributed by atoms with Gasteiger partial charge >= 0.3 is 0 Å². The first-order valence-electron chi connectivity index (χ1n) is 5.32. The van der Waals surface area contributed by atoms with Crippen molar-refractivity contribution in [3.05, 3.63) is 57.8 Å². The molecule has 0 saturated carbocycles. The van der Waals surface area contributed by atoms with Crippen molar-refractivity contribution in [3.63, 3.8) is 0 Å². The second kappa shape index (κ2) is 5.19. The van der Waals surface area contributed by atoms with Crippen molar-refractivity contribution < 1.29 is 4.39 Å². The van der Waals surface area contributed by atoms with Crippen LogP contribution < -0.4 is 5.32 Å². The lowest BCUT2D eigenvalue weighted by Crippen LogP contribution is -1.93. The van der Waals surface area contributed by atoms with Gasteiger partial charge in [-0.25, -0.2) is 4.39 Å². The number of rotatable bonds is 2. The summed E-state index contributed by atoms with van der Waals surface area (Å²) in [5, 5.41) is 11.9. The molecule has 0 aliphatic heterocycles. The Balaban J connectivity index is 2.34. The average Bonchev–Trinajstić information content (AvgIpc) is 2.26. The Morgan fingerprint density at radius 2 is 1.83 bits per heavy atom. The summed E-state index contributed by atoms with van der Waals surface area (Å²) < 4.78 is 14.2. The van der Waals surface area contributed by atoms with Crippen LogP contribution in [0.5, 0.6) is 0 Å². The van der Waals surface area contributed by atoms with Gasteiger partial charge < -0.3 is 5.32 Å². The fourth-order valence-electron chi connectivity index (χ4n) is 1.70. The number of nitriles is 1. The molecule has 90 valence electrons. The molecule has 0 atom stereocenters. The van der Waals surface area contributed by atoms with Crippen LogP contribution in [0.4, 0.5) is 15.8 Å². The summed E-state index contributed by atoms with van der Waals surface area (Å²) in [5.41, 5.74) is 2.79. The number of aryl methyl sites for hydroxylation is 1. The first-order chi connectivity index (χ1) is 8.56. The molecule has 0 radical (unpaired) electrons. The average molecular weight is 305 g/mol. The van der Waals surface area contributed by atoms with E-state index in [0.717, 1.165) is 15.7 Å². The minimum absolute atomic E-state index is 0.296. The Labute approximate surface area is 113 Å². The number of nitrogens with one attached hydrogen (secondary N) is 1. The molecule has 2 aromatic carbocycles. The van der Waals surface area contributed by atoms with Crippen molar-refractivity contribution in [2.75, 3.05) is 5.32 Å². The summed E-state index contributed by atoms with van der Waals surface area (Å²) in [6.07, 6.45) is 0. The molecule has 0 saturated heterocycles. The molecular weight excluding hydrogens is 295 g/mol. The van der Waals surface area contributed by atoms with E-state index < -0.39 is 5.82 Å². The van der Waals surface area contributed by atoms with Crippen molar-refractivity contribution in [1.82, 2.24) is 0 Å². The standard InChI is InChI=1S/C14H10BrFN2/c1-9-2-11(15)6-13(3-9)18-14-5-10(8-17)4-12(16)7-14/h2-7,18H,1H3. The zero-order chi connectivity index (χ0) is 13.1. The topological polar surface area (TPSA) is 35.8 Å². The van der Waals surface area contributed by atoms with Crippen molar-refractivity contribution in [3.8, 4) is 6.07 Å². The summed E-state index contributed by atoms with van der Waals surface area (Å²) in [6.45, 7) is 1.97. The molecule has 0 aliphatic carbocycles. The van der Waals surface area contributed by atoms with Gasteiger partial charge in [0.15, 0.2) is 0 Å². The summed E-state index contributed by atoms with van der Waals surface area (Å²) in [6, 6.07) is 11.9. The van der Waals surface area contributed by atoms with E-state index in [1.54, 1.807) is 6.07 Å². The van der Waals surface area contributed by atoms with Crippen LogP contribution in [0.25, 0.3) is 0 Å². The fraction of sp³-hybridized carbons (Fsp3) is 0.0714. The number of nitrogens with zero attached hydrogens (tertiary/aromatic N) is 1. The van der Waals surface area contributed by atoms with Crippen LogP contribution in [0.1, 0.15) is 11.1 Å². The van der Waals surface area contributed by atoms with E-state index in [1.807, 2.05) is 31.2 Å². The maximum Gasteiger partial charge on any atom is 0.126 e. The van der Waals surface area contributed by atoms with Gasteiger partial charge in [-0.3, -0.25) is 0 Å². The smallest absolute Gasteiger partial charge is 0.126 e. The Morgan fingerprint density at radius 1 is 1.11 bits per heavy atom. The highest BCUT2D eigenvalue weighted by atomic mass is 79.9. The molecular formula is C14H10BrFN2. The van der Waals surface area contributed by atoms with Gasteiger partial charge in [-0.15, -0.1) is 0 Å². The molecule has 0 aromatic heterocycles. The van der Waals surface area contributed by atoms with Crippen LogP contribution in [0.3, 0.4) is 0 Å². The third-order valence-corrected chi connectivity index (χ3v) is 2.82. The van der Waals surface area contributed by atoms with Crippen LogP contribution in [0.15, 0.2) is 40.9 Å². The molecule has 0 bridgehead atoms. The summed E-state index contributed by atoms with van der Waals surface area (Å²) >= 11 is 3.40. The Kier molecular flexibility index (Phi) is 3.63. The lowest BCUT2D eigenvalue weighted by Gasteiger charge is -2.08. The van der Waals surface area contributed by atoms with Gasteiger partial charge in [0, 0.05) is 15.8 Å². The van der Waals surface area contributed by atoms with Gasteiger partial charge in [-0.2, -0.15) is 5.26 Å². The van der Waals surface area contributed by atoms with Gasteiger partial charge in [0.2, 0.25) is 0 Å².